The second kappa shape index (κ2) is 6.11. The first-order valence-corrected chi connectivity index (χ1v) is 6.98. The molecule has 126 valence electrons. The van der Waals surface area contributed by atoms with E-state index in [1.54, 1.807) is 16.8 Å². The average Bonchev–Trinajstić information content (AvgIpc) is 3.07. The highest BCUT2D eigenvalue weighted by Gasteiger charge is 2.25. The van der Waals surface area contributed by atoms with Gasteiger partial charge in [-0.05, 0) is 23.8 Å². The summed E-state index contributed by atoms with van der Waals surface area (Å²) < 4.78 is 17.5. The van der Waals surface area contributed by atoms with Gasteiger partial charge in [0, 0.05) is 0 Å². The fourth-order valence-electron chi connectivity index (χ4n) is 2.56. The molecule has 2 aromatic rings. The molecular formula is C15H15N4O5-. The lowest BCUT2D eigenvalue weighted by atomic mass is 10.0. The van der Waals surface area contributed by atoms with Crippen LogP contribution in [0.4, 0.5) is 5.95 Å². The molecule has 1 N–H and O–H groups in total. The predicted molar refractivity (Wildman–Crippen MR) is 81.0 cm³/mol. The highest BCUT2D eigenvalue weighted by molar-refractivity contribution is 5.88. The monoisotopic (exact) mass is 331 g/mol. The number of carboxylic acids is 1. The molecule has 24 heavy (non-hydrogen) atoms. The van der Waals surface area contributed by atoms with Crippen molar-refractivity contribution in [1.82, 2.24) is 14.8 Å². The molecule has 1 atom stereocenters. The molecule has 3 rings (SSSR count). The van der Waals surface area contributed by atoms with E-state index in [0.717, 1.165) is 0 Å². The summed E-state index contributed by atoms with van der Waals surface area (Å²) in [5, 5.41) is 18.0. The van der Waals surface area contributed by atoms with Crippen LogP contribution in [0.5, 0.6) is 17.2 Å². The first kappa shape index (κ1) is 15.7. The zero-order chi connectivity index (χ0) is 17.3. The molecule has 9 nitrogen and oxygen atoms in total. The third-order valence-corrected chi connectivity index (χ3v) is 3.66. The van der Waals surface area contributed by atoms with Crippen LogP contribution in [-0.4, -0.2) is 42.1 Å². The van der Waals surface area contributed by atoms with Crippen molar-refractivity contribution in [3.8, 4) is 17.2 Å². The molecule has 0 saturated carbocycles. The Labute approximate surface area is 137 Å². The summed E-state index contributed by atoms with van der Waals surface area (Å²) in [6, 6.07) is 2.93. The van der Waals surface area contributed by atoms with Crippen molar-refractivity contribution in [3.05, 3.63) is 35.8 Å². The molecule has 0 spiro atoms. The summed E-state index contributed by atoms with van der Waals surface area (Å²) in [6.07, 6.45) is 2.82. The normalized spacial score (nSPS) is 15.8. The lowest BCUT2D eigenvalue weighted by Gasteiger charge is -2.25. The van der Waals surface area contributed by atoms with Crippen LogP contribution in [0.3, 0.4) is 0 Å². The third kappa shape index (κ3) is 2.49. The van der Waals surface area contributed by atoms with Gasteiger partial charge in [0.2, 0.25) is 11.7 Å². The molecule has 1 aliphatic rings. The van der Waals surface area contributed by atoms with Gasteiger partial charge < -0.3 is 29.4 Å². The lowest BCUT2D eigenvalue weighted by molar-refractivity contribution is -0.299. The number of anilines is 1. The number of benzene rings is 1. The van der Waals surface area contributed by atoms with E-state index < -0.39 is 12.0 Å². The van der Waals surface area contributed by atoms with Gasteiger partial charge in [0.05, 0.1) is 33.0 Å². The Hall–Kier alpha value is -3.23. The average molecular weight is 331 g/mol. The molecule has 0 unspecified atom stereocenters. The number of carbonyl (C=O) groups excluding carboxylic acids is 1. The van der Waals surface area contributed by atoms with Crippen LogP contribution >= 0.6 is 0 Å². The van der Waals surface area contributed by atoms with E-state index >= 15 is 0 Å². The summed E-state index contributed by atoms with van der Waals surface area (Å²) in [4.78, 5) is 15.2. The second-order valence-corrected chi connectivity index (χ2v) is 4.92. The van der Waals surface area contributed by atoms with Gasteiger partial charge in [0.1, 0.15) is 12.4 Å². The van der Waals surface area contributed by atoms with Crippen LogP contribution in [-0.2, 0) is 4.79 Å². The summed E-state index contributed by atoms with van der Waals surface area (Å²) >= 11 is 0. The minimum absolute atomic E-state index is 0.0887. The number of carboxylic acid groups (broad SMARTS) is 1. The van der Waals surface area contributed by atoms with Crippen LogP contribution in [0.1, 0.15) is 11.6 Å². The van der Waals surface area contributed by atoms with Crippen molar-refractivity contribution in [2.24, 2.45) is 0 Å². The van der Waals surface area contributed by atoms with Gasteiger partial charge in [-0.25, -0.2) is 4.68 Å². The van der Waals surface area contributed by atoms with Gasteiger partial charge in [-0.1, -0.05) is 0 Å². The molecule has 0 radical (unpaired) electrons. The molecule has 1 aromatic heterocycles. The molecule has 0 aliphatic carbocycles. The summed E-state index contributed by atoms with van der Waals surface area (Å²) in [5.41, 5.74) is 0.603. The van der Waals surface area contributed by atoms with E-state index in [4.69, 9.17) is 14.2 Å². The van der Waals surface area contributed by atoms with E-state index in [1.807, 2.05) is 0 Å². The molecule has 2 heterocycles. The standard InChI is InChI=1S/C15H16N4O5/c1-22-11-4-8(5-12(23-2)13(11)24-3)10-6-9(14(20)21)18-15-16-7-17-19(10)15/h4-7,10H,1-3H3,(H,20,21)(H,16,17,18)/p-1/t10-/m1/s1. The van der Waals surface area contributed by atoms with E-state index in [0.29, 0.717) is 28.8 Å². The van der Waals surface area contributed by atoms with Gasteiger partial charge in [0.25, 0.3) is 0 Å². The van der Waals surface area contributed by atoms with Gasteiger partial charge >= 0.3 is 0 Å². The third-order valence-electron chi connectivity index (χ3n) is 3.66. The van der Waals surface area contributed by atoms with E-state index in [1.165, 1.54) is 33.7 Å². The maximum atomic E-state index is 11.2. The molecule has 0 fully saturated rings. The Bertz CT molecular complexity index is 789. The first-order chi connectivity index (χ1) is 11.6. The number of rotatable bonds is 5. The first-order valence-electron chi connectivity index (χ1n) is 6.98. The Kier molecular flexibility index (Phi) is 3.98. The van der Waals surface area contributed by atoms with Gasteiger partial charge in [-0.15, -0.1) is 0 Å². The fourth-order valence-corrected chi connectivity index (χ4v) is 2.56. The fraction of sp³-hybridized carbons (Fsp3) is 0.267. The summed E-state index contributed by atoms with van der Waals surface area (Å²) in [6.45, 7) is 0. The highest BCUT2D eigenvalue weighted by atomic mass is 16.5. The van der Waals surface area contributed by atoms with E-state index in [-0.39, 0.29) is 5.70 Å². The Morgan fingerprint density at radius 3 is 2.42 bits per heavy atom. The van der Waals surface area contributed by atoms with Crippen molar-refractivity contribution in [2.75, 3.05) is 26.6 Å². The van der Waals surface area contributed by atoms with Crippen molar-refractivity contribution in [3.63, 3.8) is 0 Å². The maximum Gasteiger partial charge on any atom is 0.226 e. The zero-order valence-electron chi connectivity index (χ0n) is 13.3. The largest absolute Gasteiger partial charge is 0.543 e. The number of hydrogen-bond donors (Lipinski definition) is 1. The molecular weight excluding hydrogens is 316 g/mol. The molecule has 0 bridgehead atoms. The van der Waals surface area contributed by atoms with Gasteiger partial charge in [0.15, 0.2) is 11.5 Å². The summed E-state index contributed by atoms with van der Waals surface area (Å²) in [5.74, 6) is 0.323. The van der Waals surface area contributed by atoms with Crippen LogP contribution < -0.4 is 24.6 Å². The van der Waals surface area contributed by atoms with Crippen LogP contribution in [0.25, 0.3) is 0 Å². The number of allylic oxidation sites excluding steroid dienone is 1. The van der Waals surface area contributed by atoms with Crippen LogP contribution in [0.15, 0.2) is 30.2 Å². The number of aromatic nitrogens is 3. The Balaban J connectivity index is 2.16. The molecule has 1 aromatic carbocycles. The minimum atomic E-state index is -1.33. The number of nitrogens with one attached hydrogen (secondary N) is 1. The number of ether oxygens (including phenoxy) is 3. The molecule has 0 saturated heterocycles. The smallest absolute Gasteiger partial charge is 0.226 e. The topological polar surface area (TPSA) is 111 Å². The molecule has 9 heteroatoms. The Morgan fingerprint density at radius 1 is 1.21 bits per heavy atom. The second-order valence-electron chi connectivity index (χ2n) is 4.92. The van der Waals surface area contributed by atoms with Crippen molar-refractivity contribution in [2.45, 2.75) is 6.04 Å². The number of nitrogens with zero attached hydrogens (tertiary/aromatic N) is 3. The van der Waals surface area contributed by atoms with Crippen molar-refractivity contribution < 1.29 is 24.1 Å². The van der Waals surface area contributed by atoms with Crippen molar-refractivity contribution >= 4 is 11.9 Å². The molecule has 1 aliphatic heterocycles. The lowest BCUT2D eigenvalue weighted by Crippen LogP contribution is -2.32. The van der Waals surface area contributed by atoms with Crippen molar-refractivity contribution in [1.29, 1.82) is 0 Å². The quantitative estimate of drug-likeness (QED) is 0.812. The van der Waals surface area contributed by atoms with E-state index in [2.05, 4.69) is 15.4 Å². The number of carbonyl (C=O) groups is 1. The molecule has 0 amide bonds. The number of fused-ring (bicyclic) bond motifs is 1. The van der Waals surface area contributed by atoms with Crippen LogP contribution in [0.2, 0.25) is 0 Å². The zero-order valence-corrected chi connectivity index (χ0v) is 13.3. The maximum absolute atomic E-state index is 11.2. The highest BCUT2D eigenvalue weighted by Crippen LogP contribution is 2.41. The Morgan fingerprint density at radius 2 is 1.88 bits per heavy atom. The van der Waals surface area contributed by atoms with Crippen LogP contribution in [0, 0.1) is 0 Å². The number of aliphatic carboxylic acids is 1. The van der Waals surface area contributed by atoms with Gasteiger partial charge in [-0.2, -0.15) is 10.1 Å². The predicted octanol–water partition coefficient (Wildman–Crippen LogP) is -0.0474. The van der Waals surface area contributed by atoms with Gasteiger partial charge in [-0.3, -0.25) is 0 Å². The number of hydrogen-bond acceptors (Lipinski definition) is 8. The minimum Gasteiger partial charge on any atom is -0.543 e. The number of methoxy groups -OCH3 is 3. The summed E-state index contributed by atoms with van der Waals surface area (Å²) in [7, 11) is 4.52. The SMILES string of the molecule is COc1cc([C@H]2C=C(C(=O)[O-])Nc3ncnn32)cc(OC)c1OC. The van der Waals surface area contributed by atoms with E-state index in [9.17, 15) is 9.90 Å².